The maximum atomic E-state index is 5.77. The Morgan fingerprint density at radius 3 is 2.90 bits per heavy atom. The third-order valence-electron chi connectivity index (χ3n) is 3.84. The lowest BCUT2D eigenvalue weighted by Gasteiger charge is -2.34. The minimum Gasteiger partial charge on any atom is -0.367 e. The smallest absolute Gasteiger partial charge is 0.229 e. The van der Waals surface area contributed by atoms with Gasteiger partial charge in [-0.05, 0) is 33.2 Å². The van der Waals surface area contributed by atoms with E-state index in [1.165, 1.54) is 0 Å². The van der Waals surface area contributed by atoms with Gasteiger partial charge in [-0.3, -0.25) is 4.90 Å². The van der Waals surface area contributed by atoms with Crippen LogP contribution >= 0.6 is 0 Å². The molecule has 6 nitrogen and oxygen atoms in total. The number of aromatic nitrogens is 2. The quantitative estimate of drug-likeness (QED) is 0.855. The fraction of sp³-hybridized carbons (Fsp3) is 0.857. The molecule has 1 aliphatic rings. The van der Waals surface area contributed by atoms with Gasteiger partial charge in [-0.15, -0.1) is 0 Å². The third-order valence-corrected chi connectivity index (χ3v) is 3.84. The second kappa shape index (κ2) is 7.15. The molecule has 114 valence electrons. The molecule has 1 saturated heterocycles. The van der Waals surface area contributed by atoms with Crippen LogP contribution in [0.15, 0.2) is 4.52 Å². The maximum Gasteiger partial charge on any atom is 0.229 e. The van der Waals surface area contributed by atoms with E-state index in [1.807, 2.05) is 0 Å². The van der Waals surface area contributed by atoms with Gasteiger partial charge in [0.15, 0.2) is 0 Å². The Hall–Kier alpha value is -0.980. The number of ether oxygens (including phenoxy) is 1. The zero-order valence-corrected chi connectivity index (χ0v) is 12.7. The Labute approximate surface area is 120 Å². The summed E-state index contributed by atoms with van der Waals surface area (Å²) in [6, 6.07) is 0.510. The van der Waals surface area contributed by atoms with E-state index in [9.17, 15) is 0 Å². The van der Waals surface area contributed by atoms with E-state index in [-0.39, 0.29) is 12.0 Å². The van der Waals surface area contributed by atoms with E-state index in [4.69, 9.17) is 15.0 Å². The lowest BCUT2D eigenvalue weighted by atomic mass is 10.1. The molecule has 1 aromatic rings. The van der Waals surface area contributed by atoms with Gasteiger partial charge in [0.1, 0.15) is 6.10 Å². The van der Waals surface area contributed by atoms with Gasteiger partial charge in [0, 0.05) is 25.0 Å². The van der Waals surface area contributed by atoms with Gasteiger partial charge in [-0.1, -0.05) is 12.1 Å². The van der Waals surface area contributed by atoms with Crippen LogP contribution in [0.4, 0.5) is 0 Å². The summed E-state index contributed by atoms with van der Waals surface area (Å²) in [4.78, 5) is 6.89. The predicted molar refractivity (Wildman–Crippen MR) is 76.4 cm³/mol. The van der Waals surface area contributed by atoms with Crippen molar-refractivity contribution in [2.45, 2.75) is 51.7 Å². The molecule has 1 fully saturated rings. The molecule has 1 aromatic heterocycles. The van der Waals surface area contributed by atoms with E-state index in [0.29, 0.717) is 24.3 Å². The van der Waals surface area contributed by atoms with Crippen LogP contribution < -0.4 is 5.73 Å². The van der Waals surface area contributed by atoms with Gasteiger partial charge in [0.05, 0.1) is 6.61 Å². The van der Waals surface area contributed by atoms with Crippen molar-refractivity contribution in [1.82, 2.24) is 15.0 Å². The second-order valence-corrected chi connectivity index (χ2v) is 5.77. The van der Waals surface area contributed by atoms with Crippen LogP contribution in [0.2, 0.25) is 0 Å². The van der Waals surface area contributed by atoms with E-state index in [2.05, 4.69) is 35.8 Å². The van der Waals surface area contributed by atoms with Gasteiger partial charge < -0.3 is 15.0 Å². The summed E-state index contributed by atoms with van der Waals surface area (Å²) in [5, 5.41) is 4.09. The highest BCUT2D eigenvalue weighted by atomic mass is 16.5. The van der Waals surface area contributed by atoms with Crippen molar-refractivity contribution in [2.24, 2.45) is 5.73 Å². The highest BCUT2D eigenvalue weighted by Gasteiger charge is 2.28. The Balaban J connectivity index is 1.97. The van der Waals surface area contributed by atoms with Crippen LogP contribution in [0.5, 0.6) is 0 Å². The summed E-state index contributed by atoms with van der Waals surface area (Å²) in [5.41, 5.74) is 5.53. The highest BCUT2D eigenvalue weighted by Crippen LogP contribution is 2.24. The fourth-order valence-corrected chi connectivity index (χ4v) is 2.42. The van der Waals surface area contributed by atoms with Crippen LogP contribution in [-0.4, -0.2) is 47.3 Å². The normalized spacial score (nSPS) is 22.4. The number of hydrogen-bond donors (Lipinski definition) is 1. The third kappa shape index (κ3) is 3.77. The molecule has 0 radical (unpaired) electrons. The molecule has 1 aliphatic heterocycles. The van der Waals surface area contributed by atoms with Crippen molar-refractivity contribution >= 4 is 0 Å². The molecular weight excluding hydrogens is 256 g/mol. The Morgan fingerprint density at radius 2 is 2.20 bits per heavy atom. The van der Waals surface area contributed by atoms with Crippen molar-refractivity contribution in [3.63, 3.8) is 0 Å². The van der Waals surface area contributed by atoms with Gasteiger partial charge in [0.2, 0.25) is 11.7 Å². The first-order valence-corrected chi connectivity index (χ1v) is 7.51. The topological polar surface area (TPSA) is 77.4 Å². The molecule has 2 rings (SSSR count). The summed E-state index contributed by atoms with van der Waals surface area (Å²) in [5.74, 6) is 1.62. The van der Waals surface area contributed by atoms with E-state index < -0.39 is 0 Å². The Bertz CT molecular complexity index is 408. The van der Waals surface area contributed by atoms with Crippen molar-refractivity contribution in [3.05, 3.63) is 11.7 Å². The first-order valence-electron chi connectivity index (χ1n) is 7.51. The monoisotopic (exact) mass is 282 g/mol. The molecule has 2 heterocycles. The number of morpholine rings is 1. The van der Waals surface area contributed by atoms with Gasteiger partial charge >= 0.3 is 0 Å². The highest BCUT2D eigenvalue weighted by molar-refractivity contribution is 4.97. The van der Waals surface area contributed by atoms with Gasteiger partial charge in [-0.25, -0.2) is 0 Å². The molecule has 0 spiro atoms. The molecule has 6 heteroatoms. The van der Waals surface area contributed by atoms with E-state index in [1.54, 1.807) is 0 Å². The first kappa shape index (κ1) is 15.4. The lowest BCUT2D eigenvalue weighted by molar-refractivity contribution is -0.0450. The van der Waals surface area contributed by atoms with Gasteiger partial charge in [-0.2, -0.15) is 4.98 Å². The number of rotatable bonds is 6. The molecular formula is C14H26N4O2. The predicted octanol–water partition coefficient (Wildman–Crippen LogP) is 1.69. The first-order chi connectivity index (χ1) is 9.61. The molecule has 2 unspecified atom stereocenters. The summed E-state index contributed by atoms with van der Waals surface area (Å²) in [6.45, 7) is 9.68. The van der Waals surface area contributed by atoms with Crippen LogP contribution in [0.3, 0.4) is 0 Å². The molecule has 2 N–H and O–H groups in total. The van der Waals surface area contributed by atoms with Gasteiger partial charge in [0.25, 0.3) is 0 Å². The molecule has 0 bridgehead atoms. The lowest BCUT2D eigenvalue weighted by Crippen LogP contribution is -2.42. The van der Waals surface area contributed by atoms with Crippen molar-refractivity contribution in [2.75, 3.05) is 26.2 Å². The molecule has 20 heavy (non-hydrogen) atoms. The van der Waals surface area contributed by atoms with Crippen molar-refractivity contribution < 1.29 is 9.26 Å². The average molecular weight is 282 g/mol. The number of hydrogen-bond acceptors (Lipinski definition) is 6. The van der Waals surface area contributed by atoms with Crippen molar-refractivity contribution in [3.8, 4) is 0 Å². The molecule has 0 aromatic carbocycles. The standard InChI is InChI=1S/C14H26N4O2/c1-10(2)18-7-8-19-12(9-18)13-16-14(20-17-13)11(3)5-4-6-15/h10-12H,4-9,15H2,1-3H3. The molecule has 0 saturated carbocycles. The Morgan fingerprint density at radius 1 is 1.40 bits per heavy atom. The minimum atomic E-state index is -0.0784. The number of nitrogens with two attached hydrogens (primary N) is 1. The fourth-order valence-electron chi connectivity index (χ4n) is 2.42. The minimum absolute atomic E-state index is 0.0784. The number of nitrogens with zero attached hydrogens (tertiary/aromatic N) is 3. The summed E-state index contributed by atoms with van der Waals surface area (Å²) >= 11 is 0. The summed E-state index contributed by atoms with van der Waals surface area (Å²) in [6.07, 6.45) is 1.87. The van der Waals surface area contributed by atoms with E-state index in [0.717, 1.165) is 32.5 Å². The summed E-state index contributed by atoms with van der Waals surface area (Å²) < 4.78 is 11.1. The zero-order valence-electron chi connectivity index (χ0n) is 12.7. The zero-order chi connectivity index (χ0) is 14.5. The van der Waals surface area contributed by atoms with Crippen LogP contribution in [0, 0.1) is 0 Å². The molecule has 2 atom stereocenters. The van der Waals surface area contributed by atoms with Crippen LogP contribution in [0.1, 0.15) is 57.3 Å². The van der Waals surface area contributed by atoms with Crippen LogP contribution in [-0.2, 0) is 4.74 Å². The molecule has 0 aliphatic carbocycles. The largest absolute Gasteiger partial charge is 0.367 e. The molecule has 0 amide bonds. The van der Waals surface area contributed by atoms with E-state index >= 15 is 0 Å². The maximum absolute atomic E-state index is 5.77. The SMILES string of the molecule is CC(CCCN)c1nc(C2CN(C(C)C)CCO2)no1. The van der Waals surface area contributed by atoms with Crippen molar-refractivity contribution in [1.29, 1.82) is 0 Å². The average Bonchev–Trinajstić information content (AvgIpc) is 2.94. The summed E-state index contributed by atoms with van der Waals surface area (Å²) in [7, 11) is 0. The van der Waals surface area contributed by atoms with Crippen LogP contribution in [0.25, 0.3) is 0 Å². The Kier molecular flexibility index (Phi) is 5.51. The second-order valence-electron chi connectivity index (χ2n) is 5.77.